The zero-order chi connectivity index (χ0) is 11.8. The van der Waals surface area contributed by atoms with Crippen molar-refractivity contribution in [2.24, 2.45) is 5.73 Å². The molecular formula is C9H16N4O2S. The molecule has 6 nitrogen and oxygen atoms in total. The third-order valence-electron chi connectivity index (χ3n) is 2.67. The van der Waals surface area contributed by atoms with Crippen molar-refractivity contribution in [2.45, 2.75) is 37.4 Å². The van der Waals surface area contributed by atoms with Gasteiger partial charge in [0.05, 0.1) is 6.20 Å². The standard InChI is InChI=1S/C9H16N4O2S/c1-7(5-10)12-16(14,15)9-6-11-8-3-2-4-13(8)9/h6-7,12H,2-5,10H2,1H3/t7-/m0/s1. The van der Waals surface area contributed by atoms with Crippen LogP contribution in [0.5, 0.6) is 0 Å². The summed E-state index contributed by atoms with van der Waals surface area (Å²) in [6.07, 6.45) is 3.22. The minimum atomic E-state index is -3.48. The topological polar surface area (TPSA) is 90.0 Å². The van der Waals surface area contributed by atoms with E-state index in [1.54, 1.807) is 11.5 Å². The van der Waals surface area contributed by atoms with Gasteiger partial charge in [0.15, 0.2) is 5.03 Å². The van der Waals surface area contributed by atoms with Crippen LogP contribution in [0.15, 0.2) is 11.2 Å². The van der Waals surface area contributed by atoms with Crippen LogP contribution in [-0.2, 0) is 23.0 Å². The van der Waals surface area contributed by atoms with E-state index in [4.69, 9.17) is 5.73 Å². The molecule has 1 aromatic heterocycles. The lowest BCUT2D eigenvalue weighted by atomic mass is 10.4. The number of aryl methyl sites for hydroxylation is 1. The molecule has 0 bridgehead atoms. The highest BCUT2D eigenvalue weighted by Crippen LogP contribution is 2.19. The normalized spacial score (nSPS) is 17.4. The van der Waals surface area contributed by atoms with Crippen molar-refractivity contribution in [2.75, 3.05) is 6.54 Å². The van der Waals surface area contributed by atoms with Crippen LogP contribution in [0.1, 0.15) is 19.2 Å². The summed E-state index contributed by atoms with van der Waals surface area (Å²) < 4.78 is 28.3. The van der Waals surface area contributed by atoms with Crippen molar-refractivity contribution in [1.29, 1.82) is 0 Å². The number of nitrogens with two attached hydrogens (primary N) is 1. The quantitative estimate of drug-likeness (QED) is 0.744. The second-order valence-electron chi connectivity index (χ2n) is 4.03. The van der Waals surface area contributed by atoms with E-state index in [2.05, 4.69) is 9.71 Å². The van der Waals surface area contributed by atoms with Gasteiger partial charge in [-0.1, -0.05) is 0 Å². The average Bonchev–Trinajstić information content (AvgIpc) is 2.76. The highest BCUT2D eigenvalue weighted by atomic mass is 32.2. The van der Waals surface area contributed by atoms with E-state index < -0.39 is 10.0 Å². The Morgan fingerprint density at radius 2 is 2.44 bits per heavy atom. The first-order valence-electron chi connectivity index (χ1n) is 5.31. The van der Waals surface area contributed by atoms with Crippen LogP contribution >= 0.6 is 0 Å². The Morgan fingerprint density at radius 3 is 3.12 bits per heavy atom. The predicted octanol–water partition coefficient (Wildman–Crippen LogP) is -0.545. The second-order valence-corrected chi connectivity index (χ2v) is 5.69. The van der Waals surface area contributed by atoms with Gasteiger partial charge in [-0.25, -0.2) is 18.1 Å². The fourth-order valence-corrected chi connectivity index (χ4v) is 3.24. The molecule has 0 radical (unpaired) electrons. The maximum absolute atomic E-state index is 12.0. The van der Waals surface area contributed by atoms with E-state index in [1.165, 1.54) is 6.20 Å². The molecule has 3 N–H and O–H groups in total. The molecule has 1 aromatic rings. The van der Waals surface area contributed by atoms with Crippen molar-refractivity contribution >= 4 is 10.0 Å². The highest BCUT2D eigenvalue weighted by molar-refractivity contribution is 7.89. The molecule has 1 aliphatic rings. The van der Waals surface area contributed by atoms with Crippen molar-refractivity contribution in [3.05, 3.63) is 12.0 Å². The largest absolute Gasteiger partial charge is 0.329 e. The highest BCUT2D eigenvalue weighted by Gasteiger charge is 2.25. The van der Waals surface area contributed by atoms with Crippen LogP contribution in [0.3, 0.4) is 0 Å². The van der Waals surface area contributed by atoms with Gasteiger partial charge < -0.3 is 10.3 Å². The predicted molar refractivity (Wildman–Crippen MR) is 59.4 cm³/mol. The SMILES string of the molecule is C[C@@H](CN)NS(=O)(=O)c1cnc2n1CCC2. The first kappa shape index (κ1) is 11.6. The summed E-state index contributed by atoms with van der Waals surface area (Å²) >= 11 is 0. The van der Waals surface area contributed by atoms with Gasteiger partial charge in [-0.15, -0.1) is 0 Å². The number of hydrogen-bond donors (Lipinski definition) is 2. The van der Waals surface area contributed by atoms with Crippen LogP contribution in [0.25, 0.3) is 0 Å². The third kappa shape index (κ3) is 1.98. The van der Waals surface area contributed by atoms with Gasteiger partial charge in [0.1, 0.15) is 5.82 Å². The number of rotatable bonds is 4. The molecule has 2 rings (SSSR count). The number of imidazole rings is 1. The van der Waals surface area contributed by atoms with Gasteiger partial charge in [-0.2, -0.15) is 0 Å². The second kappa shape index (κ2) is 4.15. The maximum Gasteiger partial charge on any atom is 0.258 e. The Hall–Kier alpha value is -0.920. The number of aromatic nitrogens is 2. The number of sulfonamides is 1. The molecule has 1 atom stereocenters. The minimum Gasteiger partial charge on any atom is -0.329 e. The van der Waals surface area contributed by atoms with Gasteiger partial charge in [0.25, 0.3) is 10.0 Å². The van der Waals surface area contributed by atoms with E-state index in [1.807, 2.05) is 0 Å². The molecule has 0 unspecified atom stereocenters. The lowest BCUT2D eigenvalue weighted by molar-refractivity contribution is 0.548. The Balaban J connectivity index is 2.29. The Labute approximate surface area is 94.9 Å². The van der Waals surface area contributed by atoms with E-state index in [9.17, 15) is 8.42 Å². The lowest BCUT2D eigenvalue weighted by Gasteiger charge is -2.12. The summed E-state index contributed by atoms with van der Waals surface area (Å²) in [5.41, 5.74) is 5.40. The maximum atomic E-state index is 12.0. The van der Waals surface area contributed by atoms with Crippen LogP contribution in [0, 0.1) is 0 Å². The smallest absolute Gasteiger partial charge is 0.258 e. The minimum absolute atomic E-state index is 0.250. The Morgan fingerprint density at radius 1 is 1.69 bits per heavy atom. The molecule has 0 aromatic carbocycles. The van der Waals surface area contributed by atoms with Gasteiger partial charge in [0.2, 0.25) is 0 Å². The fraction of sp³-hybridized carbons (Fsp3) is 0.667. The van der Waals surface area contributed by atoms with Crippen LogP contribution in [0.4, 0.5) is 0 Å². The van der Waals surface area contributed by atoms with E-state index in [0.717, 1.165) is 25.2 Å². The van der Waals surface area contributed by atoms with Crippen LogP contribution in [0.2, 0.25) is 0 Å². The van der Waals surface area contributed by atoms with E-state index in [0.29, 0.717) is 0 Å². The molecule has 0 aliphatic carbocycles. The number of nitrogens with one attached hydrogen (secondary N) is 1. The summed E-state index contributed by atoms with van der Waals surface area (Å²) in [6.45, 7) is 2.74. The number of hydrogen-bond acceptors (Lipinski definition) is 4. The number of fused-ring (bicyclic) bond motifs is 1. The van der Waals surface area contributed by atoms with Crippen molar-refractivity contribution < 1.29 is 8.42 Å². The Kier molecular flexibility index (Phi) is 3.00. The van der Waals surface area contributed by atoms with Gasteiger partial charge in [-0.3, -0.25) is 0 Å². The summed E-state index contributed by atoms with van der Waals surface area (Å²) in [5, 5.41) is 0.250. The first-order valence-corrected chi connectivity index (χ1v) is 6.79. The van der Waals surface area contributed by atoms with Crippen LogP contribution in [-0.4, -0.2) is 30.6 Å². The monoisotopic (exact) mass is 244 g/mol. The summed E-state index contributed by atoms with van der Waals surface area (Å²) in [6, 6.07) is -0.266. The molecule has 2 heterocycles. The molecule has 16 heavy (non-hydrogen) atoms. The van der Waals surface area contributed by atoms with Crippen molar-refractivity contribution in [3.8, 4) is 0 Å². The summed E-state index contributed by atoms with van der Waals surface area (Å²) in [7, 11) is -3.48. The summed E-state index contributed by atoms with van der Waals surface area (Å²) in [4.78, 5) is 4.11. The van der Waals surface area contributed by atoms with Crippen LogP contribution < -0.4 is 10.5 Å². The average molecular weight is 244 g/mol. The summed E-state index contributed by atoms with van der Waals surface area (Å²) in [5.74, 6) is 0.848. The van der Waals surface area contributed by atoms with E-state index >= 15 is 0 Å². The van der Waals surface area contributed by atoms with Gasteiger partial charge in [-0.05, 0) is 13.3 Å². The van der Waals surface area contributed by atoms with Crippen molar-refractivity contribution in [3.63, 3.8) is 0 Å². The van der Waals surface area contributed by atoms with Crippen molar-refractivity contribution in [1.82, 2.24) is 14.3 Å². The molecule has 0 fully saturated rings. The molecule has 0 saturated carbocycles. The third-order valence-corrected chi connectivity index (χ3v) is 4.26. The number of nitrogens with zero attached hydrogens (tertiary/aromatic N) is 2. The molecule has 90 valence electrons. The molecule has 1 aliphatic heterocycles. The molecule has 7 heteroatoms. The molecular weight excluding hydrogens is 228 g/mol. The Bertz CT molecular complexity index is 480. The molecule has 0 amide bonds. The lowest BCUT2D eigenvalue weighted by Crippen LogP contribution is -2.38. The molecule has 0 saturated heterocycles. The fourth-order valence-electron chi connectivity index (χ4n) is 1.82. The zero-order valence-corrected chi connectivity index (χ0v) is 10.00. The first-order chi connectivity index (χ1) is 7.54. The zero-order valence-electron chi connectivity index (χ0n) is 9.18. The van der Waals surface area contributed by atoms with E-state index in [-0.39, 0.29) is 17.6 Å². The molecule has 0 spiro atoms. The van der Waals surface area contributed by atoms with Gasteiger partial charge >= 0.3 is 0 Å². The van der Waals surface area contributed by atoms with Gasteiger partial charge in [0, 0.05) is 25.6 Å².